The summed E-state index contributed by atoms with van der Waals surface area (Å²) < 4.78 is 7.27. The molecule has 0 N–H and O–H groups in total. The van der Waals surface area contributed by atoms with Gasteiger partial charge < -0.3 is 9.64 Å². The Balaban J connectivity index is 1.95. The molecule has 19 heavy (non-hydrogen) atoms. The van der Waals surface area contributed by atoms with E-state index < -0.39 is 0 Å². The second kappa shape index (κ2) is 4.27. The van der Waals surface area contributed by atoms with Crippen molar-refractivity contribution in [1.29, 1.82) is 0 Å². The van der Waals surface area contributed by atoms with E-state index in [0.717, 1.165) is 18.6 Å². The molecule has 0 saturated carbocycles. The van der Waals surface area contributed by atoms with E-state index in [0.29, 0.717) is 6.73 Å². The van der Waals surface area contributed by atoms with Crippen molar-refractivity contribution in [3.8, 4) is 5.75 Å². The molecule has 0 radical (unpaired) electrons. The molecule has 1 heterocycles. The molecule has 3 heteroatoms. The fourth-order valence-corrected chi connectivity index (χ4v) is 3.72. The Labute approximate surface area is 120 Å². The zero-order chi connectivity index (χ0) is 12.8. The molecule has 0 bridgehead atoms. The van der Waals surface area contributed by atoms with E-state index in [1.807, 2.05) is 0 Å². The molecule has 2 aromatic rings. The molecule has 4 rings (SSSR count). The predicted molar refractivity (Wildman–Crippen MR) is 81.7 cm³/mol. The van der Waals surface area contributed by atoms with Gasteiger partial charge in [-0.3, -0.25) is 0 Å². The Morgan fingerprint density at radius 2 is 1.89 bits per heavy atom. The fraction of sp³-hybridized carbons (Fsp3) is 0.250. The average molecular weight is 316 g/mol. The number of allylic oxidation sites excluding steroid dienone is 2. The molecule has 2 nitrogen and oxygen atoms in total. The van der Waals surface area contributed by atoms with Crippen molar-refractivity contribution in [2.45, 2.75) is 19.3 Å². The van der Waals surface area contributed by atoms with E-state index in [1.165, 1.54) is 33.1 Å². The number of halogens is 1. The number of anilines is 1. The number of rotatable bonds is 1. The normalized spacial score (nSPS) is 18.1. The lowest BCUT2D eigenvalue weighted by Gasteiger charge is -2.32. The first-order chi connectivity index (χ1) is 9.34. The van der Waals surface area contributed by atoms with Crippen LogP contribution < -0.4 is 9.64 Å². The van der Waals surface area contributed by atoms with Crippen molar-refractivity contribution in [2.24, 2.45) is 0 Å². The van der Waals surface area contributed by atoms with E-state index in [2.05, 4.69) is 57.2 Å². The summed E-state index contributed by atoms with van der Waals surface area (Å²) in [4.78, 5) is 2.31. The molecule has 96 valence electrons. The maximum Gasteiger partial charge on any atom is 0.165 e. The lowest BCUT2D eigenvalue weighted by atomic mass is 10.1. The van der Waals surface area contributed by atoms with E-state index in [1.54, 1.807) is 0 Å². The number of hydrogen-bond donors (Lipinski definition) is 0. The van der Waals surface area contributed by atoms with Crippen LogP contribution in [-0.4, -0.2) is 6.73 Å². The van der Waals surface area contributed by atoms with Gasteiger partial charge in [-0.25, -0.2) is 0 Å². The Morgan fingerprint density at radius 1 is 1.05 bits per heavy atom. The maximum absolute atomic E-state index is 5.94. The molecule has 1 aliphatic carbocycles. The molecule has 0 unspecified atom stereocenters. The Morgan fingerprint density at radius 3 is 2.68 bits per heavy atom. The van der Waals surface area contributed by atoms with Gasteiger partial charge in [0.25, 0.3) is 0 Å². The van der Waals surface area contributed by atoms with E-state index in [9.17, 15) is 0 Å². The quantitative estimate of drug-likeness (QED) is 0.750. The van der Waals surface area contributed by atoms with Gasteiger partial charge in [0.1, 0.15) is 5.75 Å². The van der Waals surface area contributed by atoms with Gasteiger partial charge in [0.2, 0.25) is 0 Å². The van der Waals surface area contributed by atoms with Crippen molar-refractivity contribution < 1.29 is 4.74 Å². The molecule has 0 atom stereocenters. The zero-order valence-electron chi connectivity index (χ0n) is 10.5. The van der Waals surface area contributed by atoms with Crippen molar-refractivity contribution in [3.05, 3.63) is 46.6 Å². The summed E-state index contributed by atoms with van der Waals surface area (Å²) in [6, 6.07) is 12.7. The molecular formula is C16H14BrNO. The van der Waals surface area contributed by atoms with Crippen LogP contribution in [0.5, 0.6) is 5.75 Å². The van der Waals surface area contributed by atoms with Crippen molar-refractivity contribution in [1.82, 2.24) is 0 Å². The van der Waals surface area contributed by atoms with Gasteiger partial charge in [-0.2, -0.15) is 0 Å². The summed E-state index contributed by atoms with van der Waals surface area (Å²) in [7, 11) is 0. The molecule has 0 spiro atoms. The Kier molecular flexibility index (Phi) is 2.55. The highest BCUT2D eigenvalue weighted by Gasteiger charge is 2.25. The third-order valence-electron chi connectivity index (χ3n) is 3.93. The van der Waals surface area contributed by atoms with Crippen LogP contribution in [0.4, 0.5) is 5.69 Å². The average Bonchev–Trinajstić information content (AvgIpc) is 2.86. The monoisotopic (exact) mass is 315 g/mol. The highest BCUT2D eigenvalue weighted by atomic mass is 79.9. The molecular weight excluding hydrogens is 302 g/mol. The van der Waals surface area contributed by atoms with Gasteiger partial charge >= 0.3 is 0 Å². The van der Waals surface area contributed by atoms with Gasteiger partial charge in [0.05, 0.1) is 5.69 Å². The lowest BCUT2D eigenvalue weighted by molar-refractivity contribution is 0.318. The number of hydrogen-bond acceptors (Lipinski definition) is 2. The number of nitrogens with zero attached hydrogens (tertiary/aromatic N) is 1. The van der Waals surface area contributed by atoms with Gasteiger partial charge in [-0.05, 0) is 36.8 Å². The summed E-state index contributed by atoms with van der Waals surface area (Å²) in [5, 5.41) is 2.48. The van der Waals surface area contributed by atoms with Crippen LogP contribution >= 0.6 is 15.9 Å². The molecule has 0 aromatic heterocycles. The molecule has 1 aliphatic heterocycles. The van der Waals surface area contributed by atoms with Crippen LogP contribution in [0, 0.1) is 0 Å². The smallest absolute Gasteiger partial charge is 0.165 e. The minimum Gasteiger partial charge on any atom is -0.472 e. The largest absolute Gasteiger partial charge is 0.472 e. The third kappa shape index (κ3) is 1.68. The fourth-order valence-electron chi connectivity index (χ4n) is 3.03. The van der Waals surface area contributed by atoms with Crippen LogP contribution in [0.3, 0.4) is 0 Å². The highest BCUT2D eigenvalue weighted by Crippen LogP contribution is 2.43. The molecule has 0 fully saturated rings. The summed E-state index contributed by atoms with van der Waals surface area (Å²) in [6.07, 6.45) is 3.50. The Hall–Kier alpha value is -1.48. The summed E-state index contributed by atoms with van der Waals surface area (Å²) in [5.74, 6) is 0.999. The van der Waals surface area contributed by atoms with Crippen LogP contribution in [0.2, 0.25) is 0 Å². The van der Waals surface area contributed by atoms with Gasteiger partial charge in [-0.1, -0.05) is 40.2 Å². The molecule has 0 amide bonds. The van der Waals surface area contributed by atoms with Crippen LogP contribution in [0.25, 0.3) is 10.8 Å². The Bertz CT molecular complexity index is 687. The molecule has 2 aromatic carbocycles. The van der Waals surface area contributed by atoms with Crippen molar-refractivity contribution in [2.75, 3.05) is 11.6 Å². The van der Waals surface area contributed by atoms with Crippen molar-refractivity contribution >= 4 is 32.4 Å². The topological polar surface area (TPSA) is 12.5 Å². The number of ether oxygens (including phenoxy) is 1. The summed E-state index contributed by atoms with van der Waals surface area (Å²) >= 11 is 3.71. The van der Waals surface area contributed by atoms with Gasteiger partial charge in [0.15, 0.2) is 6.73 Å². The molecule has 0 saturated heterocycles. The lowest BCUT2D eigenvalue weighted by Crippen LogP contribution is -2.30. The highest BCUT2D eigenvalue weighted by molar-refractivity contribution is 9.11. The third-order valence-corrected chi connectivity index (χ3v) is 4.79. The summed E-state index contributed by atoms with van der Waals surface area (Å²) in [5.41, 5.74) is 2.65. The van der Waals surface area contributed by atoms with E-state index >= 15 is 0 Å². The predicted octanol–water partition coefficient (Wildman–Crippen LogP) is 4.79. The first-order valence-corrected chi connectivity index (χ1v) is 7.43. The summed E-state index contributed by atoms with van der Waals surface area (Å²) in [6.45, 7) is 0.612. The van der Waals surface area contributed by atoms with Crippen LogP contribution in [0.1, 0.15) is 19.3 Å². The minimum absolute atomic E-state index is 0.612. The standard InChI is InChI=1S/C16H14BrNO/c17-12-6-3-7-13(12)18-10-19-15-9-2-5-11-4-1-8-14(18)16(11)15/h1-2,4-5,8-9H,3,6-7,10H2. The second-order valence-electron chi connectivity index (χ2n) is 5.04. The number of benzene rings is 2. The zero-order valence-corrected chi connectivity index (χ0v) is 12.1. The van der Waals surface area contributed by atoms with Crippen LogP contribution in [0.15, 0.2) is 46.6 Å². The second-order valence-corrected chi connectivity index (χ2v) is 6.00. The maximum atomic E-state index is 5.94. The SMILES string of the molecule is BrC1=C(N2COc3cccc4cccc2c34)CCC1. The molecule has 2 aliphatic rings. The van der Waals surface area contributed by atoms with E-state index in [4.69, 9.17) is 4.74 Å². The minimum atomic E-state index is 0.612. The van der Waals surface area contributed by atoms with E-state index in [-0.39, 0.29) is 0 Å². The van der Waals surface area contributed by atoms with Gasteiger partial charge in [0, 0.05) is 15.6 Å². The first kappa shape index (κ1) is 11.4. The van der Waals surface area contributed by atoms with Crippen LogP contribution in [-0.2, 0) is 0 Å². The van der Waals surface area contributed by atoms with Gasteiger partial charge in [-0.15, -0.1) is 0 Å². The van der Waals surface area contributed by atoms with Crippen molar-refractivity contribution in [3.63, 3.8) is 0 Å². The first-order valence-electron chi connectivity index (χ1n) is 6.64.